The Hall–Kier alpha value is -0.620. The lowest BCUT2D eigenvalue weighted by molar-refractivity contribution is 0.459. The van der Waals surface area contributed by atoms with Crippen LogP contribution in [0.5, 0.6) is 0 Å². The Morgan fingerprint density at radius 1 is 1.45 bits per heavy atom. The zero-order chi connectivity index (χ0) is 14.8. The van der Waals surface area contributed by atoms with Gasteiger partial charge in [0, 0.05) is 13.1 Å². The molecule has 2 rings (SSSR count). The number of aryl methyl sites for hydroxylation is 1. The van der Waals surface area contributed by atoms with E-state index < -0.39 is 10.0 Å². The molecule has 1 aromatic carbocycles. The number of nitrogens with two attached hydrogens (primary N) is 1. The lowest BCUT2D eigenvalue weighted by atomic mass is 10.1. The van der Waals surface area contributed by atoms with Crippen molar-refractivity contribution >= 4 is 21.6 Å². The summed E-state index contributed by atoms with van der Waals surface area (Å²) < 4.78 is 26.8. The molecule has 1 unspecified atom stereocenters. The van der Waals surface area contributed by atoms with Crippen LogP contribution in [-0.4, -0.2) is 32.4 Å². The van der Waals surface area contributed by atoms with Crippen molar-refractivity contribution in [2.24, 2.45) is 11.7 Å². The van der Waals surface area contributed by atoms with Gasteiger partial charge in [0.05, 0.1) is 5.02 Å². The molecule has 112 valence electrons. The minimum Gasteiger partial charge on any atom is -0.330 e. The highest BCUT2D eigenvalue weighted by molar-refractivity contribution is 7.89. The molecule has 1 aromatic rings. The summed E-state index contributed by atoms with van der Waals surface area (Å²) in [5.41, 5.74) is 6.63. The van der Waals surface area contributed by atoms with Crippen molar-refractivity contribution in [1.82, 2.24) is 4.31 Å². The van der Waals surface area contributed by atoms with E-state index in [0.29, 0.717) is 24.7 Å². The van der Waals surface area contributed by atoms with Gasteiger partial charge in [-0.25, -0.2) is 8.42 Å². The van der Waals surface area contributed by atoms with Gasteiger partial charge in [-0.05, 0) is 43.0 Å². The molecule has 4 nitrogen and oxygen atoms in total. The molecule has 1 aliphatic rings. The summed E-state index contributed by atoms with van der Waals surface area (Å²) in [4.78, 5) is 0.225. The Morgan fingerprint density at radius 2 is 2.20 bits per heavy atom. The maximum atomic E-state index is 12.7. The summed E-state index contributed by atoms with van der Waals surface area (Å²) in [6.45, 7) is 3.61. The van der Waals surface area contributed by atoms with Gasteiger partial charge in [0.25, 0.3) is 0 Å². The van der Waals surface area contributed by atoms with Crippen LogP contribution in [0.15, 0.2) is 23.1 Å². The normalized spacial score (nSPS) is 20.4. The molecule has 2 N–H and O–H groups in total. The molecule has 1 atom stereocenters. The summed E-state index contributed by atoms with van der Waals surface area (Å²) in [7, 11) is -3.51. The molecular weight excluding hydrogens is 296 g/mol. The maximum absolute atomic E-state index is 12.7. The predicted molar refractivity (Wildman–Crippen MR) is 81.4 cm³/mol. The monoisotopic (exact) mass is 316 g/mol. The second-order valence-corrected chi connectivity index (χ2v) is 7.58. The number of benzene rings is 1. The molecule has 6 heteroatoms. The number of hydrogen-bond acceptors (Lipinski definition) is 3. The van der Waals surface area contributed by atoms with Gasteiger partial charge < -0.3 is 5.73 Å². The zero-order valence-electron chi connectivity index (χ0n) is 11.7. The van der Waals surface area contributed by atoms with Gasteiger partial charge in [-0.3, -0.25) is 0 Å². The summed E-state index contributed by atoms with van der Waals surface area (Å²) in [5, 5.41) is 0.293. The van der Waals surface area contributed by atoms with E-state index in [2.05, 4.69) is 6.92 Å². The number of hydrogen-bond donors (Lipinski definition) is 1. The molecule has 0 radical (unpaired) electrons. The van der Waals surface area contributed by atoms with Crippen molar-refractivity contribution < 1.29 is 8.42 Å². The van der Waals surface area contributed by atoms with Crippen LogP contribution < -0.4 is 5.73 Å². The van der Waals surface area contributed by atoms with Crippen molar-refractivity contribution in [1.29, 1.82) is 0 Å². The number of nitrogens with zero attached hydrogens (tertiary/aromatic N) is 1. The Morgan fingerprint density at radius 3 is 2.80 bits per heavy atom. The van der Waals surface area contributed by atoms with Gasteiger partial charge in [-0.1, -0.05) is 31.0 Å². The maximum Gasteiger partial charge on any atom is 0.244 e. The third-order valence-electron chi connectivity index (χ3n) is 3.73. The van der Waals surface area contributed by atoms with Crippen LogP contribution >= 0.6 is 11.6 Å². The molecule has 0 aromatic heterocycles. The molecule has 1 aliphatic heterocycles. The summed E-state index contributed by atoms with van der Waals surface area (Å²) in [6.07, 6.45) is 2.65. The van der Waals surface area contributed by atoms with Gasteiger partial charge >= 0.3 is 0 Å². The van der Waals surface area contributed by atoms with Crippen molar-refractivity contribution in [2.45, 2.75) is 31.1 Å². The van der Waals surface area contributed by atoms with Crippen molar-refractivity contribution in [2.75, 3.05) is 19.6 Å². The first-order chi connectivity index (χ1) is 9.48. The second-order valence-electron chi connectivity index (χ2n) is 5.27. The first kappa shape index (κ1) is 15.8. The van der Waals surface area contributed by atoms with Gasteiger partial charge in [0.15, 0.2) is 0 Å². The first-order valence-corrected chi connectivity index (χ1v) is 8.79. The minimum absolute atomic E-state index is 0.225. The SMILES string of the molecule is CCCc1ccc(Cl)c(S(=O)(=O)N2CCC(CN)C2)c1. The average Bonchev–Trinajstić information content (AvgIpc) is 2.90. The molecule has 0 aliphatic carbocycles. The summed E-state index contributed by atoms with van der Waals surface area (Å²) >= 11 is 6.10. The Labute approximate surface area is 126 Å². The van der Waals surface area contributed by atoms with E-state index in [-0.39, 0.29) is 10.8 Å². The van der Waals surface area contributed by atoms with Crippen LogP contribution in [-0.2, 0) is 16.4 Å². The molecule has 0 saturated carbocycles. The standard InChI is InChI=1S/C14H21ClN2O2S/c1-2-3-11-4-5-13(15)14(8-11)20(18,19)17-7-6-12(9-16)10-17/h4-5,8,12H,2-3,6-7,9-10,16H2,1H3. The van der Waals surface area contributed by atoms with Crippen molar-refractivity contribution in [3.63, 3.8) is 0 Å². The van der Waals surface area contributed by atoms with Gasteiger partial charge in [0.1, 0.15) is 4.90 Å². The van der Waals surface area contributed by atoms with Crippen LogP contribution in [0, 0.1) is 5.92 Å². The van der Waals surface area contributed by atoms with Crippen LogP contribution in [0.3, 0.4) is 0 Å². The fraction of sp³-hybridized carbons (Fsp3) is 0.571. The second kappa shape index (κ2) is 6.43. The van der Waals surface area contributed by atoms with Crippen molar-refractivity contribution in [3.8, 4) is 0 Å². The van der Waals surface area contributed by atoms with E-state index in [9.17, 15) is 8.42 Å². The zero-order valence-corrected chi connectivity index (χ0v) is 13.3. The third-order valence-corrected chi connectivity index (χ3v) is 6.08. The van der Waals surface area contributed by atoms with Crippen LogP contribution in [0.1, 0.15) is 25.3 Å². The molecule has 0 spiro atoms. The van der Waals surface area contributed by atoms with E-state index >= 15 is 0 Å². The van der Waals surface area contributed by atoms with E-state index in [0.717, 1.165) is 24.8 Å². The fourth-order valence-corrected chi connectivity index (χ4v) is 4.59. The van der Waals surface area contributed by atoms with Crippen molar-refractivity contribution in [3.05, 3.63) is 28.8 Å². The first-order valence-electron chi connectivity index (χ1n) is 6.97. The smallest absolute Gasteiger partial charge is 0.244 e. The van der Waals surface area contributed by atoms with Crippen LogP contribution in [0.25, 0.3) is 0 Å². The molecule has 0 bridgehead atoms. The molecular formula is C14H21ClN2O2S. The number of halogens is 1. The van der Waals surface area contributed by atoms with Gasteiger partial charge in [-0.15, -0.1) is 0 Å². The fourth-order valence-electron chi connectivity index (χ4n) is 2.54. The topological polar surface area (TPSA) is 63.4 Å². The van der Waals surface area contributed by atoms with Crippen LogP contribution in [0.2, 0.25) is 5.02 Å². The van der Waals surface area contributed by atoms with E-state index in [1.807, 2.05) is 6.07 Å². The Kier molecular flexibility index (Phi) is 5.07. The summed E-state index contributed by atoms with van der Waals surface area (Å²) in [5.74, 6) is 0.252. The number of sulfonamides is 1. The average molecular weight is 317 g/mol. The van der Waals surface area contributed by atoms with E-state index in [1.54, 1.807) is 12.1 Å². The molecule has 1 fully saturated rings. The van der Waals surface area contributed by atoms with Gasteiger partial charge in [-0.2, -0.15) is 4.31 Å². The highest BCUT2D eigenvalue weighted by Gasteiger charge is 2.33. The Bertz CT molecular complexity index is 575. The predicted octanol–water partition coefficient (Wildman–Crippen LogP) is 2.26. The van der Waals surface area contributed by atoms with E-state index in [4.69, 9.17) is 17.3 Å². The third kappa shape index (κ3) is 3.17. The van der Waals surface area contributed by atoms with Gasteiger partial charge in [0.2, 0.25) is 10.0 Å². The highest BCUT2D eigenvalue weighted by atomic mass is 35.5. The molecule has 1 heterocycles. The minimum atomic E-state index is -3.51. The molecule has 1 saturated heterocycles. The highest BCUT2D eigenvalue weighted by Crippen LogP contribution is 2.29. The summed E-state index contributed by atoms with van der Waals surface area (Å²) in [6, 6.07) is 5.27. The lowest BCUT2D eigenvalue weighted by Gasteiger charge is -2.18. The molecule has 20 heavy (non-hydrogen) atoms. The van der Waals surface area contributed by atoms with Crippen LogP contribution in [0.4, 0.5) is 0 Å². The Balaban J connectivity index is 2.32. The van der Waals surface area contributed by atoms with E-state index in [1.165, 1.54) is 4.31 Å². The largest absolute Gasteiger partial charge is 0.330 e. The molecule has 0 amide bonds. The quantitative estimate of drug-likeness (QED) is 0.906. The number of rotatable bonds is 5. The lowest BCUT2D eigenvalue weighted by Crippen LogP contribution is -2.30.